The highest BCUT2D eigenvalue weighted by Crippen LogP contribution is 2.19. The minimum absolute atomic E-state index is 0.214. The van der Waals surface area contributed by atoms with Crippen molar-refractivity contribution in [3.05, 3.63) is 54.1 Å². The van der Waals surface area contributed by atoms with Gasteiger partial charge in [0.1, 0.15) is 18.1 Å². The highest BCUT2D eigenvalue weighted by molar-refractivity contribution is 5.94. The monoisotopic (exact) mass is 343 g/mol. The van der Waals surface area contributed by atoms with E-state index in [4.69, 9.17) is 14.2 Å². The Kier molecular flexibility index (Phi) is 7.29. The van der Waals surface area contributed by atoms with Crippen LogP contribution < -0.4 is 14.8 Å². The maximum Gasteiger partial charge on any atom is 0.265 e. The molecule has 5 nitrogen and oxygen atoms in total. The van der Waals surface area contributed by atoms with Gasteiger partial charge in [-0.05, 0) is 43.2 Å². The molecular weight excluding hydrogens is 318 g/mol. The minimum atomic E-state index is -0.606. The largest absolute Gasteiger partial charge is 0.491 e. The molecule has 0 heterocycles. The molecule has 0 radical (unpaired) electrons. The lowest BCUT2D eigenvalue weighted by Gasteiger charge is -2.15. The molecule has 2 rings (SSSR count). The van der Waals surface area contributed by atoms with E-state index in [0.29, 0.717) is 30.4 Å². The molecule has 1 atom stereocenters. The van der Waals surface area contributed by atoms with E-state index in [1.54, 1.807) is 20.1 Å². The van der Waals surface area contributed by atoms with E-state index in [0.717, 1.165) is 6.42 Å². The van der Waals surface area contributed by atoms with Gasteiger partial charge in [0.15, 0.2) is 6.10 Å². The second-order valence-electron chi connectivity index (χ2n) is 5.62. The maximum atomic E-state index is 12.3. The number of benzene rings is 2. The summed E-state index contributed by atoms with van der Waals surface area (Å²) in [4.78, 5) is 12.3. The van der Waals surface area contributed by atoms with Crippen LogP contribution in [0.1, 0.15) is 19.4 Å². The van der Waals surface area contributed by atoms with Crippen molar-refractivity contribution in [2.75, 3.05) is 25.6 Å². The molecular formula is C20H25NO4. The summed E-state index contributed by atoms with van der Waals surface area (Å²) in [6.07, 6.45) is 0.365. The number of methoxy groups -OCH3 is 1. The molecule has 134 valence electrons. The fourth-order valence-corrected chi connectivity index (χ4v) is 2.21. The lowest BCUT2D eigenvalue weighted by atomic mass is 10.2. The summed E-state index contributed by atoms with van der Waals surface area (Å²) < 4.78 is 16.2. The van der Waals surface area contributed by atoms with Crippen LogP contribution in [0.25, 0.3) is 0 Å². The van der Waals surface area contributed by atoms with Crippen LogP contribution in [-0.4, -0.2) is 32.3 Å². The van der Waals surface area contributed by atoms with Gasteiger partial charge in [-0.3, -0.25) is 4.79 Å². The zero-order valence-electron chi connectivity index (χ0n) is 15.0. The molecule has 0 saturated heterocycles. The highest BCUT2D eigenvalue weighted by atomic mass is 16.5. The van der Waals surface area contributed by atoms with Crippen molar-refractivity contribution in [2.24, 2.45) is 0 Å². The van der Waals surface area contributed by atoms with Crippen molar-refractivity contribution in [1.82, 2.24) is 0 Å². The summed E-state index contributed by atoms with van der Waals surface area (Å²) in [5.74, 6) is 1.14. The number of hydrogen-bond donors (Lipinski definition) is 1. The molecule has 1 N–H and O–H groups in total. The predicted molar refractivity (Wildman–Crippen MR) is 98.4 cm³/mol. The zero-order valence-corrected chi connectivity index (χ0v) is 15.0. The van der Waals surface area contributed by atoms with Gasteiger partial charge in [0.2, 0.25) is 0 Å². The number of ether oxygens (including phenoxy) is 3. The summed E-state index contributed by atoms with van der Waals surface area (Å²) in [7, 11) is 1.62. The van der Waals surface area contributed by atoms with Crippen LogP contribution in [0.3, 0.4) is 0 Å². The lowest BCUT2D eigenvalue weighted by Crippen LogP contribution is -2.30. The van der Waals surface area contributed by atoms with Crippen LogP contribution >= 0.6 is 0 Å². The summed E-state index contributed by atoms with van der Waals surface area (Å²) in [5, 5.41) is 2.84. The Morgan fingerprint density at radius 3 is 2.52 bits per heavy atom. The standard InChI is InChI=1S/C20H25NO4/c1-4-16-8-10-18(11-9-16)25-15(2)20(22)21-17-6-5-7-19(14-17)24-13-12-23-3/h5-11,14-15H,4,12-13H2,1-3H3,(H,21,22). The third-order valence-electron chi connectivity index (χ3n) is 3.67. The summed E-state index contributed by atoms with van der Waals surface area (Å²) in [5.41, 5.74) is 1.89. The normalized spacial score (nSPS) is 11.6. The Morgan fingerprint density at radius 1 is 1.08 bits per heavy atom. The first kappa shape index (κ1) is 18.8. The number of anilines is 1. The second-order valence-corrected chi connectivity index (χ2v) is 5.62. The fraction of sp³-hybridized carbons (Fsp3) is 0.350. The second kappa shape index (κ2) is 9.69. The molecule has 1 amide bonds. The van der Waals surface area contributed by atoms with E-state index in [-0.39, 0.29) is 5.91 Å². The number of nitrogens with one attached hydrogen (secondary N) is 1. The van der Waals surface area contributed by atoms with Crippen LogP contribution in [0.5, 0.6) is 11.5 Å². The number of hydrogen-bond acceptors (Lipinski definition) is 4. The van der Waals surface area contributed by atoms with Crippen molar-refractivity contribution in [3.8, 4) is 11.5 Å². The van der Waals surface area contributed by atoms with Gasteiger partial charge in [0.05, 0.1) is 6.61 Å². The predicted octanol–water partition coefficient (Wildman–Crippen LogP) is 3.68. The Balaban J connectivity index is 1.90. The number of amides is 1. The highest BCUT2D eigenvalue weighted by Gasteiger charge is 2.15. The smallest absolute Gasteiger partial charge is 0.265 e. The molecule has 0 aliphatic rings. The van der Waals surface area contributed by atoms with Gasteiger partial charge in [0, 0.05) is 18.9 Å². The van der Waals surface area contributed by atoms with Crippen LogP contribution in [-0.2, 0) is 16.0 Å². The third kappa shape index (κ3) is 6.12. The number of aryl methyl sites for hydroxylation is 1. The molecule has 0 bridgehead atoms. The van der Waals surface area contributed by atoms with Gasteiger partial charge in [0.25, 0.3) is 5.91 Å². The minimum Gasteiger partial charge on any atom is -0.491 e. The van der Waals surface area contributed by atoms with Crippen LogP contribution in [0.15, 0.2) is 48.5 Å². The molecule has 0 saturated carbocycles. The molecule has 0 fully saturated rings. The first-order valence-corrected chi connectivity index (χ1v) is 8.40. The van der Waals surface area contributed by atoms with E-state index in [1.807, 2.05) is 42.5 Å². The number of carbonyl (C=O) groups excluding carboxylic acids is 1. The Bertz CT molecular complexity index is 670. The topological polar surface area (TPSA) is 56.8 Å². The van der Waals surface area contributed by atoms with Gasteiger partial charge in [-0.2, -0.15) is 0 Å². The van der Waals surface area contributed by atoms with Gasteiger partial charge in [-0.15, -0.1) is 0 Å². The van der Waals surface area contributed by atoms with E-state index in [2.05, 4.69) is 12.2 Å². The van der Waals surface area contributed by atoms with Gasteiger partial charge >= 0.3 is 0 Å². The van der Waals surface area contributed by atoms with E-state index >= 15 is 0 Å². The molecule has 2 aromatic rings. The molecule has 0 aliphatic heterocycles. The zero-order chi connectivity index (χ0) is 18.1. The van der Waals surface area contributed by atoms with Gasteiger partial charge < -0.3 is 19.5 Å². The van der Waals surface area contributed by atoms with E-state index in [1.165, 1.54) is 5.56 Å². The Labute approximate surface area is 148 Å². The fourth-order valence-electron chi connectivity index (χ4n) is 2.21. The van der Waals surface area contributed by atoms with Gasteiger partial charge in [-0.1, -0.05) is 25.1 Å². The maximum absolute atomic E-state index is 12.3. The molecule has 0 aromatic heterocycles. The average Bonchev–Trinajstić information content (AvgIpc) is 2.63. The molecule has 2 aromatic carbocycles. The van der Waals surface area contributed by atoms with Gasteiger partial charge in [-0.25, -0.2) is 0 Å². The molecule has 5 heteroatoms. The summed E-state index contributed by atoms with van der Waals surface area (Å²) >= 11 is 0. The average molecular weight is 343 g/mol. The van der Waals surface area contributed by atoms with Crippen molar-refractivity contribution in [1.29, 1.82) is 0 Å². The van der Waals surface area contributed by atoms with Crippen molar-refractivity contribution < 1.29 is 19.0 Å². The van der Waals surface area contributed by atoms with Crippen molar-refractivity contribution in [2.45, 2.75) is 26.4 Å². The summed E-state index contributed by atoms with van der Waals surface area (Å²) in [6, 6.07) is 15.0. The molecule has 0 spiro atoms. The van der Waals surface area contributed by atoms with Crippen LogP contribution in [0.2, 0.25) is 0 Å². The van der Waals surface area contributed by atoms with E-state index < -0.39 is 6.10 Å². The lowest BCUT2D eigenvalue weighted by molar-refractivity contribution is -0.122. The number of carbonyl (C=O) groups is 1. The van der Waals surface area contributed by atoms with Crippen LogP contribution in [0, 0.1) is 0 Å². The molecule has 1 unspecified atom stereocenters. The molecule has 0 aliphatic carbocycles. The molecule has 25 heavy (non-hydrogen) atoms. The van der Waals surface area contributed by atoms with E-state index in [9.17, 15) is 4.79 Å². The Morgan fingerprint density at radius 2 is 1.84 bits per heavy atom. The Hall–Kier alpha value is -2.53. The third-order valence-corrected chi connectivity index (χ3v) is 3.67. The first-order valence-electron chi connectivity index (χ1n) is 8.40. The SMILES string of the molecule is CCc1ccc(OC(C)C(=O)Nc2cccc(OCCOC)c2)cc1. The first-order chi connectivity index (χ1) is 12.1. The number of rotatable bonds is 9. The quantitative estimate of drug-likeness (QED) is 0.706. The summed E-state index contributed by atoms with van der Waals surface area (Å²) in [6.45, 7) is 4.79. The van der Waals surface area contributed by atoms with Crippen molar-refractivity contribution >= 4 is 11.6 Å². The van der Waals surface area contributed by atoms with Crippen molar-refractivity contribution in [3.63, 3.8) is 0 Å². The van der Waals surface area contributed by atoms with Crippen LogP contribution in [0.4, 0.5) is 5.69 Å².